The van der Waals surface area contributed by atoms with Crippen molar-refractivity contribution >= 4 is 11.8 Å². The first-order valence-corrected chi connectivity index (χ1v) is 7.39. The Hall–Kier alpha value is -1.39. The number of pyridine rings is 1. The van der Waals surface area contributed by atoms with Crippen LogP contribution in [0.2, 0.25) is 0 Å². The molecule has 0 spiro atoms. The number of benzene rings is 1. The average molecular weight is 290 g/mol. The van der Waals surface area contributed by atoms with E-state index >= 15 is 0 Å². The Balaban J connectivity index is 2.18. The average Bonchev–Trinajstić information content (AvgIpc) is 2.39. The number of nitrogens with one attached hydrogen (secondary N) is 1. The number of rotatable bonds is 4. The first-order valence-electron chi connectivity index (χ1n) is 6.57. The Morgan fingerprint density at radius 2 is 1.90 bits per heavy atom. The summed E-state index contributed by atoms with van der Waals surface area (Å²) >= 11 is 1.37. The predicted molar refractivity (Wildman–Crippen MR) is 81.4 cm³/mol. The smallest absolute Gasteiger partial charge is 0.137 e. The van der Waals surface area contributed by atoms with Crippen LogP contribution < -0.4 is 5.32 Å². The van der Waals surface area contributed by atoms with Crippen molar-refractivity contribution in [3.8, 4) is 0 Å². The molecule has 0 amide bonds. The molecule has 0 atom stereocenters. The van der Waals surface area contributed by atoms with Crippen LogP contribution in [0.4, 0.5) is 4.39 Å². The summed E-state index contributed by atoms with van der Waals surface area (Å²) in [7, 11) is 0. The van der Waals surface area contributed by atoms with Gasteiger partial charge in [-0.25, -0.2) is 9.37 Å². The predicted octanol–water partition coefficient (Wildman–Crippen LogP) is 4.26. The fourth-order valence-electron chi connectivity index (χ4n) is 1.64. The standard InChI is InChI=1S/C16H19FN2S/c1-16(2,3)19-11-12-7-6-10-18-15(12)20-14-9-5-4-8-13(14)17/h4-10,19H,11H2,1-3H3. The minimum Gasteiger partial charge on any atom is -0.308 e. The van der Waals surface area contributed by atoms with Crippen molar-refractivity contribution in [1.29, 1.82) is 0 Å². The molecular weight excluding hydrogens is 271 g/mol. The van der Waals surface area contributed by atoms with Crippen molar-refractivity contribution in [2.45, 2.75) is 42.8 Å². The lowest BCUT2D eigenvalue weighted by molar-refractivity contribution is 0.422. The van der Waals surface area contributed by atoms with Crippen molar-refractivity contribution < 1.29 is 4.39 Å². The van der Waals surface area contributed by atoms with Crippen LogP contribution in [0, 0.1) is 5.82 Å². The number of nitrogens with zero attached hydrogens (tertiary/aromatic N) is 1. The Morgan fingerprint density at radius 3 is 2.60 bits per heavy atom. The van der Waals surface area contributed by atoms with Crippen LogP contribution >= 0.6 is 11.8 Å². The highest BCUT2D eigenvalue weighted by Gasteiger charge is 2.12. The van der Waals surface area contributed by atoms with Crippen molar-refractivity contribution in [1.82, 2.24) is 10.3 Å². The molecule has 2 nitrogen and oxygen atoms in total. The summed E-state index contributed by atoms with van der Waals surface area (Å²) in [5.41, 5.74) is 1.12. The van der Waals surface area contributed by atoms with E-state index in [0.717, 1.165) is 10.6 Å². The van der Waals surface area contributed by atoms with Gasteiger partial charge in [0.15, 0.2) is 0 Å². The van der Waals surface area contributed by atoms with Gasteiger partial charge in [0.1, 0.15) is 10.8 Å². The molecule has 2 aromatic rings. The minimum atomic E-state index is -0.210. The van der Waals surface area contributed by atoms with Crippen LogP contribution in [-0.4, -0.2) is 10.5 Å². The maximum Gasteiger partial charge on any atom is 0.137 e. The Kier molecular flexibility index (Phi) is 4.78. The highest BCUT2D eigenvalue weighted by Crippen LogP contribution is 2.30. The van der Waals surface area contributed by atoms with Crippen molar-refractivity contribution in [3.63, 3.8) is 0 Å². The zero-order valence-corrected chi connectivity index (χ0v) is 12.8. The molecule has 1 heterocycles. The zero-order chi connectivity index (χ0) is 14.6. The van der Waals surface area contributed by atoms with E-state index in [1.165, 1.54) is 17.8 Å². The first kappa shape index (κ1) is 15.0. The molecule has 0 aliphatic carbocycles. The maximum atomic E-state index is 13.7. The fraction of sp³-hybridized carbons (Fsp3) is 0.312. The molecule has 1 N–H and O–H groups in total. The van der Waals surface area contributed by atoms with E-state index in [4.69, 9.17) is 0 Å². The molecule has 4 heteroatoms. The number of hydrogen-bond acceptors (Lipinski definition) is 3. The van der Waals surface area contributed by atoms with Crippen LogP contribution in [0.5, 0.6) is 0 Å². The lowest BCUT2D eigenvalue weighted by atomic mass is 10.1. The van der Waals surface area contributed by atoms with Crippen molar-refractivity contribution in [2.24, 2.45) is 0 Å². The summed E-state index contributed by atoms with van der Waals surface area (Å²) in [6.07, 6.45) is 1.74. The number of halogens is 1. The van der Waals surface area contributed by atoms with Gasteiger partial charge in [-0.1, -0.05) is 30.0 Å². The van der Waals surface area contributed by atoms with Gasteiger partial charge in [-0.05, 0) is 44.5 Å². The lowest BCUT2D eigenvalue weighted by Crippen LogP contribution is -2.35. The van der Waals surface area contributed by atoms with Gasteiger partial charge in [-0.2, -0.15) is 0 Å². The third kappa shape index (κ3) is 4.32. The van der Waals surface area contributed by atoms with Gasteiger partial charge in [0.2, 0.25) is 0 Å². The van der Waals surface area contributed by atoms with Crippen LogP contribution in [0.3, 0.4) is 0 Å². The van der Waals surface area contributed by atoms with Gasteiger partial charge in [-0.3, -0.25) is 0 Å². The summed E-state index contributed by atoms with van der Waals surface area (Å²) in [5, 5.41) is 4.27. The SMILES string of the molecule is CC(C)(C)NCc1cccnc1Sc1ccccc1F. The van der Waals surface area contributed by atoms with Crippen LogP contribution in [-0.2, 0) is 6.54 Å². The van der Waals surface area contributed by atoms with E-state index in [1.807, 2.05) is 18.2 Å². The van der Waals surface area contributed by atoms with Crippen molar-refractivity contribution in [3.05, 3.63) is 54.0 Å². The van der Waals surface area contributed by atoms with Crippen LogP contribution in [0.25, 0.3) is 0 Å². The molecule has 0 saturated carbocycles. The fourth-order valence-corrected chi connectivity index (χ4v) is 2.55. The Morgan fingerprint density at radius 1 is 1.15 bits per heavy atom. The molecule has 1 aromatic heterocycles. The third-order valence-electron chi connectivity index (χ3n) is 2.70. The summed E-state index contributed by atoms with van der Waals surface area (Å²) < 4.78 is 13.7. The molecule has 106 valence electrons. The summed E-state index contributed by atoms with van der Waals surface area (Å²) in [4.78, 5) is 4.97. The second-order valence-electron chi connectivity index (χ2n) is 5.60. The third-order valence-corrected chi connectivity index (χ3v) is 3.81. The summed E-state index contributed by atoms with van der Waals surface area (Å²) in [6.45, 7) is 7.07. The first-order chi connectivity index (χ1) is 9.46. The van der Waals surface area contributed by atoms with E-state index in [9.17, 15) is 4.39 Å². The van der Waals surface area contributed by atoms with E-state index in [1.54, 1.807) is 18.3 Å². The van der Waals surface area contributed by atoms with Gasteiger partial charge in [0, 0.05) is 23.2 Å². The molecule has 0 fully saturated rings. The highest BCUT2D eigenvalue weighted by atomic mass is 32.2. The number of hydrogen-bond donors (Lipinski definition) is 1. The number of aromatic nitrogens is 1. The van der Waals surface area contributed by atoms with Crippen molar-refractivity contribution in [2.75, 3.05) is 0 Å². The van der Waals surface area contributed by atoms with E-state index in [2.05, 4.69) is 31.1 Å². The van der Waals surface area contributed by atoms with E-state index in [0.29, 0.717) is 11.4 Å². The second-order valence-corrected chi connectivity index (χ2v) is 6.63. The lowest BCUT2D eigenvalue weighted by Gasteiger charge is -2.21. The van der Waals surface area contributed by atoms with Crippen LogP contribution in [0.15, 0.2) is 52.5 Å². The van der Waals surface area contributed by atoms with E-state index < -0.39 is 0 Å². The molecule has 0 radical (unpaired) electrons. The summed E-state index contributed by atoms with van der Waals surface area (Å²) in [6, 6.07) is 10.7. The zero-order valence-electron chi connectivity index (χ0n) is 12.0. The maximum absolute atomic E-state index is 13.7. The van der Waals surface area contributed by atoms with Gasteiger partial charge < -0.3 is 5.32 Å². The summed E-state index contributed by atoms with van der Waals surface area (Å²) in [5.74, 6) is -0.210. The normalized spacial score (nSPS) is 11.6. The van der Waals surface area contributed by atoms with Gasteiger partial charge >= 0.3 is 0 Å². The molecule has 0 unspecified atom stereocenters. The molecule has 0 bridgehead atoms. The molecule has 20 heavy (non-hydrogen) atoms. The Labute approximate surface area is 123 Å². The molecule has 2 rings (SSSR count). The quantitative estimate of drug-likeness (QED) is 0.910. The van der Waals surface area contributed by atoms with Gasteiger partial charge in [0.25, 0.3) is 0 Å². The largest absolute Gasteiger partial charge is 0.308 e. The van der Waals surface area contributed by atoms with Crippen LogP contribution in [0.1, 0.15) is 26.3 Å². The highest BCUT2D eigenvalue weighted by molar-refractivity contribution is 7.99. The van der Waals surface area contributed by atoms with Gasteiger partial charge in [-0.15, -0.1) is 0 Å². The minimum absolute atomic E-state index is 0.0375. The molecule has 0 aliphatic rings. The molecule has 1 aromatic carbocycles. The molecule has 0 aliphatic heterocycles. The van der Waals surface area contributed by atoms with E-state index in [-0.39, 0.29) is 11.4 Å². The topological polar surface area (TPSA) is 24.9 Å². The molecule has 0 saturated heterocycles. The second kappa shape index (κ2) is 6.37. The van der Waals surface area contributed by atoms with Gasteiger partial charge in [0.05, 0.1) is 0 Å². The molecular formula is C16H19FN2S. The monoisotopic (exact) mass is 290 g/mol. The Bertz CT molecular complexity index is 579.